The Labute approximate surface area is 59.6 Å². The van der Waals surface area contributed by atoms with E-state index in [9.17, 15) is 4.79 Å². The highest BCUT2D eigenvalue weighted by Crippen LogP contribution is 1.91. The van der Waals surface area contributed by atoms with E-state index in [1.807, 2.05) is 0 Å². The first kappa shape index (κ1) is 8.91. The van der Waals surface area contributed by atoms with Crippen molar-refractivity contribution < 1.29 is 14.6 Å². The molecule has 0 bridgehead atoms. The lowest BCUT2D eigenvalue weighted by Gasteiger charge is -1.94. The first-order chi connectivity index (χ1) is 4.68. The van der Waals surface area contributed by atoms with Crippen molar-refractivity contribution in [3.63, 3.8) is 0 Å². The van der Waals surface area contributed by atoms with Crippen LogP contribution in [0.2, 0.25) is 0 Å². The Balaban J connectivity index is 3.60. The minimum atomic E-state index is -0.482. The van der Waals surface area contributed by atoms with Crippen molar-refractivity contribution >= 4 is 5.97 Å². The molecule has 0 aliphatic heterocycles. The third-order valence-electron chi connectivity index (χ3n) is 0.725. The summed E-state index contributed by atoms with van der Waals surface area (Å²) in [6.07, 6.45) is 2.46. The van der Waals surface area contributed by atoms with Crippen LogP contribution in [0.1, 0.15) is 6.92 Å². The van der Waals surface area contributed by atoms with Gasteiger partial charge in [-0.2, -0.15) is 0 Å². The van der Waals surface area contributed by atoms with Gasteiger partial charge in [-0.15, -0.1) is 0 Å². The lowest BCUT2D eigenvalue weighted by molar-refractivity contribution is -0.133. The molecule has 0 aliphatic rings. The van der Waals surface area contributed by atoms with Crippen LogP contribution in [0.3, 0.4) is 0 Å². The maximum absolute atomic E-state index is 10.6. The van der Waals surface area contributed by atoms with Crippen LogP contribution in [0, 0.1) is 0 Å². The van der Waals surface area contributed by atoms with Gasteiger partial charge in [0, 0.05) is 5.57 Å². The van der Waals surface area contributed by atoms with Crippen molar-refractivity contribution in [1.29, 1.82) is 0 Å². The number of rotatable bonds is 3. The topological polar surface area (TPSA) is 46.5 Å². The number of carbonyl (C=O) groups excluding carboxylic acids is 1. The highest BCUT2D eigenvalue weighted by molar-refractivity contribution is 5.87. The van der Waals surface area contributed by atoms with E-state index in [1.54, 1.807) is 6.92 Å². The summed E-state index contributed by atoms with van der Waals surface area (Å²) in [5.41, 5.74) is 0.336. The lowest BCUT2D eigenvalue weighted by atomic mass is 10.4. The number of ether oxygens (including phenoxy) is 1. The SMILES string of the molecule is C=C(C)C(=O)O/C=C/CO. The largest absolute Gasteiger partial charge is 0.431 e. The summed E-state index contributed by atoms with van der Waals surface area (Å²) in [4.78, 5) is 10.6. The van der Waals surface area contributed by atoms with Crippen LogP contribution in [0.25, 0.3) is 0 Å². The summed E-state index contributed by atoms with van der Waals surface area (Å²) in [5.74, 6) is -0.482. The molecule has 0 fully saturated rings. The van der Waals surface area contributed by atoms with Crippen LogP contribution in [0.15, 0.2) is 24.5 Å². The summed E-state index contributed by atoms with van der Waals surface area (Å²) in [5, 5.41) is 8.22. The zero-order valence-corrected chi connectivity index (χ0v) is 5.83. The normalized spacial score (nSPS) is 9.80. The second-order valence-electron chi connectivity index (χ2n) is 1.74. The molecule has 0 radical (unpaired) electrons. The molecule has 3 heteroatoms. The van der Waals surface area contributed by atoms with Gasteiger partial charge in [-0.3, -0.25) is 0 Å². The second-order valence-corrected chi connectivity index (χ2v) is 1.74. The first-order valence-electron chi connectivity index (χ1n) is 2.81. The van der Waals surface area contributed by atoms with Crippen molar-refractivity contribution in [1.82, 2.24) is 0 Å². The number of aliphatic hydroxyl groups is 1. The predicted octanol–water partition coefficient (Wildman–Crippen LogP) is 0.612. The molecule has 1 N–H and O–H groups in total. The summed E-state index contributed by atoms with van der Waals surface area (Å²) in [6, 6.07) is 0. The number of aliphatic hydroxyl groups excluding tert-OH is 1. The van der Waals surface area contributed by atoms with Gasteiger partial charge in [0.05, 0.1) is 12.9 Å². The Morgan fingerprint density at radius 1 is 1.80 bits per heavy atom. The van der Waals surface area contributed by atoms with Gasteiger partial charge in [0.25, 0.3) is 0 Å². The van der Waals surface area contributed by atoms with Crippen molar-refractivity contribution in [2.24, 2.45) is 0 Å². The average molecular weight is 142 g/mol. The fourth-order valence-electron chi connectivity index (χ4n) is 0.254. The standard InChI is InChI=1S/C7H10O3/c1-6(2)7(9)10-5-3-4-8/h3,5,8H,1,4H2,2H3/b5-3+. The van der Waals surface area contributed by atoms with E-state index in [0.29, 0.717) is 5.57 Å². The quantitative estimate of drug-likeness (QED) is 0.357. The van der Waals surface area contributed by atoms with Crippen LogP contribution in [-0.2, 0) is 9.53 Å². The van der Waals surface area contributed by atoms with Gasteiger partial charge in [0.1, 0.15) is 0 Å². The third-order valence-corrected chi connectivity index (χ3v) is 0.725. The van der Waals surface area contributed by atoms with Gasteiger partial charge >= 0.3 is 5.97 Å². The number of hydrogen-bond acceptors (Lipinski definition) is 3. The average Bonchev–Trinajstić information content (AvgIpc) is 1.88. The van der Waals surface area contributed by atoms with E-state index in [0.717, 1.165) is 6.26 Å². The van der Waals surface area contributed by atoms with E-state index in [-0.39, 0.29) is 6.61 Å². The lowest BCUT2D eigenvalue weighted by Crippen LogP contribution is -1.99. The predicted molar refractivity (Wildman–Crippen MR) is 37.1 cm³/mol. The Bertz CT molecular complexity index is 158. The molecule has 0 aliphatic carbocycles. The molecule has 0 saturated heterocycles. The van der Waals surface area contributed by atoms with Crippen LogP contribution >= 0.6 is 0 Å². The Kier molecular flexibility index (Phi) is 4.24. The van der Waals surface area contributed by atoms with Gasteiger partial charge < -0.3 is 9.84 Å². The molecular weight excluding hydrogens is 132 g/mol. The molecule has 0 rings (SSSR count). The van der Waals surface area contributed by atoms with E-state index in [4.69, 9.17) is 5.11 Å². The van der Waals surface area contributed by atoms with Gasteiger partial charge in [-0.05, 0) is 13.0 Å². The van der Waals surface area contributed by atoms with Gasteiger partial charge in [0.2, 0.25) is 0 Å². The number of hydrogen-bond donors (Lipinski definition) is 1. The minimum Gasteiger partial charge on any atom is -0.431 e. The second kappa shape index (κ2) is 4.76. The molecule has 0 heterocycles. The number of carbonyl (C=O) groups is 1. The molecule has 0 atom stereocenters. The van der Waals surface area contributed by atoms with Crippen LogP contribution < -0.4 is 0 Å². The molecule has 0 spiro atoms. The Hall–Kier alpha value is -1.09. The molecule has 0 amide bonds. The first-order valence-corrected chi connectivity index (χ1v) is 2.81. The molecule has 0 aromatic carbocycles. The molecule has 3 nitrogen and oxygen atoms in total. The van der Waals surface area contributed by atoms with E-state index < -0.39 is 5.97 Å². The number of esters is 1. The molecule has 0 unspecified atom stereocenters. The van der Waals surface area contributed by atoms with E-state index in [2.05, 4.69) is 11.3 Å². The van der Waals surface area contributed by atoms with Crippen LogP contribution in [0.4, 0.5) is 0 Å². The molecule has 0 aromatic heterocycles. The maximum atomic E-state index is 10.6. The van der Waals surface area contributed by atoms with Crippen LogP contribution in [-0.4, -0.2) is 17.7 Å². The van der Waals surface area contributed by atoms with Crippen molar-refractivity contribution in [3.8, 4) is 0 Å². The van der Waals surface area contributed by atoms with E-state index in [1.165, 1.54) is 6.08 Å². The maximum Gasteiger partial charge on any atom is 0.337 e. The summed E-state index contributed by atoms with van der Waals surface area (Å²) >= 11 is 0. The van der Waals surface area contributed by atoms with Gasteiger partial charge in [-0.25, -0.2) is 4.79 Å². The van der Waals surface area contributed by atoms with Crippen molar-refractivity contribution in [2.45, 2.75) is 6.92 Å². The summed E-state index contributed by atoms with van der Waals surface area (Å²) in [6.45, 7) is 4.78. The molecule has 0 aromatic rings. The Morgan fingerprint density at radius 3 is 2.80 bits per heavy atom. The zero-order valence-electron chi connectivity index (χ0n) is 5.83. The molecule has 10 heavy (non-hydrogen) atoms. The molecule has 0 saturated carbocycles. The third kappa shape index (κ3) is 3.86. The Morgan fingerprint density at radius 2 is 2.40 bits per heavy atom. The fraction of sp³-hybridized carbons (Fsp3) is 0.286. The smallest absolute Gasteiger partial charge is 0.337 e. The highest BCUT2D eigenvalue weighted by Gasteiger charge is 1.97. The fourth-order valence-corrected chi connectivity index (χ4v) is 0.254. The molecule has 56 valence electrons. The molecular formula is C7H10O3. The van der Waals surface area contributed by atoms with E-state index >= 15 is 0 Å². The zero-order chi connectivity index (χ0) is 7.98. The van der Waals surface area contributed by atoms with Gasteiger partial charge in [0.15, 0.2) is 0 Å². The van der Waals surface area contributed by atoms with Crippen molar-refractivity contribution in [3.05, 3.63) is 24.5 Å². The minimum absolute atomic E-state index is 0.135. The van der Waals surface area contributed by atoms with Crippen molar-refractivity contribution in [2.75, 3.05) is 6.61 Å². The highest BCUT2D eigenvalue weighted by atomic mass is 16.5. The summed E-state index contributed by atoms with van der Waals surface area (Å²) in [7, 11) is 0. The van der Waals surface area contributed by atoms with Gasteiger partial charge in [-0.1, -0.05) is 6.58 Å². The summed E-state index contributed by atoms with van der Waals surface area (Å²) < 4.78 is 4.46. The van der Waals surface area contributed by atoms with Crippen LogP contribution in [0.5, 0.6) is 0 Å². The monoisotopic (exact) mass is 142 g/mol.